The molecule has 1 saturated heterocycles. The lowest BCUT2D eigenvalue weighted by molar-refractivity contribution is 0.0929. The van der Waals surface area contributed by atoms with E-state index in [9.17, 15) is 0 Å². The van der Waals surface area contributed by atoms with Crippen molar-refractivity contribution < 1.29 is 14.2 Å². The van der Waals surface area contributed by atoms with E-state index in [4.69, 9.17) is 26.4 Å². The van der Waals surface area contributed by atoms with Crippen LogP contribution < -0.4 is 9.47 Å². The van der Waals surface area contributed by atoms with Crippen LogP contribution in [0.2, 0.25) is 0 Å². The van der Waals surface area contributed by atoms with Crippen LogP contribution >= 0.6 is 12.2 Å². The first-order valence-electron chi connectivity index (χ1n) is 11.3. The summed E-state index contributed by atoms with van der Waals surface area (Å²) in [6, 6.07) is 14.8. The van der Waals surface area contributed by atoms with Gasteiger partial charge in [-0.1, -0.05) is 30.3 Å². The van der Waals surface area contributed by atoms with Crippen molar-refractivity contribution in [3.63, 3.8) is 0 Å². The molecule has 0 N–H and O–H groups in total. The minimum absolute atomic E-state index is 0.0416. The molecule has 33 heavy (non-hydrogen) atoms. The van der Waals surface area contributed by atoms with E-state index in [1.165, 1.54) is 16.7 Å². The van der Waals surface area contributed by atoms with E-state index < -0.39 is 0 Å². The largest absolute Gasteiger partial charge is 0.493 e. The van der Waals surface area contributed by atoms with Gasteiger partial charge in [0.1, 0.15) is 0 Å². The highest BCUT2D eigenvalue weighted by Gasteiger charge is 2.31. The van der Waals surface area contributed by atoms with Gasteiger partial charge in [0.2, 0.25) is 4.77 Å². The van der Waals surface area contributed by atoms with Crippen LogP contribution in [0.1, 0.15) is 35.6 Å². The smallest absolute Gasteiger partial charge is 0.217 e. The second-order valence-corrected chi connectivity index (χ2v) is 8.87. The number of hydrogen-bond donors (Lipinski definition) is 0. The van der Waals surface area contributed by atoms with Crippen LogP contribution in [0.5, 0.6) is 11.5 Å². The fraction of sp³-hybridized carbons (Fsp3) is 0.458. The van der Waals surface area contributed by atoms with Crippen LogP contribution in [0.4, 0.5) is 0 Å². The normalized spacial score (nSPS) is 20.5. The summed E-state index contributed by atoms with van der Waals surface area (Å²) in [7, 11) is 3.35. The van der Waals surface area contributed by atoms with Crippen LogP contribution in [0.25, 0.3) is 0 Å². The summed E-state index contributed by atoms with van der Waals surface area (Å²) in [5.74, 6) is 1.49. The van der Waals surface area contributed by atoms with Crippen molar-refractivity contribution in [1.82, 2.24) is 24.7 Å². The maximum Gasteiger partial charge on any atom is 0.217 e. The SMILES string of the molecule is COc1cc2c(cc1OC)[C@@H](c1ccccc1)N(Cn1nnn(C[C@H]3CCCO3)c1=S)CC2. The van der Waals surface area contributed by atoms with Gasteiger partial charge in [-0.05, 0) is 70.7 Å². The molecule has 3 aromatic rings. The van der Waals surface area contributed by atoms with E-state index in [-0.39, 0.29) is 12.1 Å². The Hall–Kier alpha value is -2.75. The molecule has 2 aromatic carbocycles. The Morgan fingerprint density at radius 2 is 1.82 bits per heavy atom. The van der Waals surface area contributed by atoms with Crippen molar-refractivity contribution in [3.8, 4) is 11.5 Å². The maximum atomic E-state index is 5.75. The van der Waals surface area contributed by atoms with Crippen molar-refractivity contribution in [2.24, 2.45) is 0 Å². The van der Waals surface area contributed by atoms with Crippen molar-refractivity contribution in [3.05, 3.63) is 63.9 Å². The average molecular weight is 468 g/mol. The molecular weight excluding hydrogens is 438 g/mol. The first-order valence-corrected chi connectivity index (χ1v) is 11.7. The van der Waals surface area contributed by atoms with Crippen molar-refractivity contribution in [1.29, 1.82) is 0 Å². The summed E-state index contributed by atoms with van der Waals surface area (Å²) in [4.78, 5) is 2.39. The van der Waals surface area contributed by atoms with Crippen molar-refractivity contribution in [2.45, 2.75) is 44.6 Å². The number of nitrogens with zero attached hydrogens (tertiary/aromatic N) is 5. The van der Waals surface area contributed by atoms with E-state index in [0.717, 1.165) is 43.9 Å². The highest BCUT2D eigenvalue weighted by atomic mass is 32.1. The molecule has 0 amide bonds. The molecule has 5 rings (SSSR count). The third kappa shape index (κ3) is 4.40. The monoisotopic (exact) mass is 467 g/mol. The molecule has 2 aliphatic rings. The van der Waals surface area contributed by atoms with Gasteiger partial charge in [0.25, 0.3) is 0 Å². The Balaban J connectivity index is 1.48. The molecule has 2 atom stereocenters. The Morgan fingerprint density at radius 1 is 1.06 bits per heavy atom. The minimum atomic E-state index is 0.0416. The Labute approximate surface area is 198 Å². The van der Waals surface area contributed by atoms with Crippen LogP contribution in [0.15, 0.2) is 42.5 Å². The molecule has 0 unspecified atom stereocenters. The van der Waals surface area contributed by atoms with Crippen LogP contribution in [0.3, 0.4) is 0 Å². The molecule has 8 nitrogen and oxygen atoms in total. The van der Waals surface area contributed by atoms with Gasteiger partial charge in [-0.2, -0.15) is 0 Å². The molecule has 3 heterocycles. The highest BCUT2D eigenvalue weighted by Crippen LogP contribution is 2.41. The van der Waals surface area contributed by atoms with E-state index in [1.807, 2.05) is 10.7 Å². The molecule has 0 saturated carbocycles. The Morgan fingerprint density at radius 3 is 2.55 bits per heavy atom. The zero-order valence-electron chi connectivity index (χ0n) is 19.0. The van der Waals surface area contributed by atoms with E-state index in [2.05, 4.69) is 51.7 Å². The summed E-state index contributed by atoms with van der Waals surface area (Å²) in [6.07, 6.45) is 3.20. The van der Waals surface area contributed by atoms with Crippen molar-refractivity contribution in [2.75, 3.05) is 27.4 Å². The van der Waals surface area contributed by atoms with Crippen molar-refractivity contribution >= 4 is 12.2 Å². The van der Waals surface area contributed by atoms with E-state index in [0.29, 0.717) is 18.0 Å². The van der Waals surface area contributed by atoms with Gasteiger partial charge in [0, 0.05) is 13.2 Å². The topological polar surface area (TPSA) is 66.6 Å². The second kappa shape index (κ2) is 9.62. The standard InChI is InChI=1S/C24H29N5O3S/c1-30-21-13-18-10-11-27(16-29-24(33)28(25-26-29)15-19-9-6-12-32-19)23(17-7-4-3-5-8-17)20(18)14-22(21)31-2/h3-5,7-8,13-14,19,23H,6,9-12,15-16H2,1-2H3/t19-,23-/m1/s1. The zero-order valence-corrected chi connectivity index (χ0v) is 19.8. The van der Waals surface area contributed by atoms with Gasteiger partial charge in [-0.25, -0.2) is 9.36 Å². The first-order chi connectivity index (χ1) is 16.2. The molecule has 9 heteroatoms. The number of aromatic nitrogens is 4. The number of ether oxygens (including phenoxy) is 3. The fourth-order valence-electron chi connectivity index (χ4n) is 4.84. The lowest BCUT2D eigenvalue weighted by Gasteiger charge is -2.37. The predicted octanol–water partition coefficient (Wildman–Crippen LogP) is 3.61. The maximum absolute atomic E-state index is 5.75. The van der Waals surface area contributed by atoms with E-state index >= 15 is 0 Å². The van der Waals surface area contributed by atoms with Gasteiger partial charge < -0.3 is 14.2 Å². The van der Waals surface area contributed by atoms with Crippen LogP contribution in [0, 0.1) is 4.77 Å². The summed E-state index contributed by atoms with van der Waals surface area (Å²) in [5, 5.41) is 8.70. The number of fused-ring (bicyclic) bond motifs is 1. The van der Waals surface area contributed by atoms with Crippen LogP contribution in [-0.2, 0) is 24.4 Å². The predicted molar refractivity (Wildman–Crippen MR) is 126 cm³/mol. The minimum Gasteiger partial charge on any atom is -0.493 e. The van der Waals surface area contributed by atoms with Gasteiger partial charge >= 0.3 is 0 Å². The third-order valence-corrected chi connectivity index (χ3v) is 6.92. The molecule has 0 bridgehead atoms. The Bertz CT molecular complexity index is 1160. The quantitative estimate of drug-likeness (QED) is 0.492. The van der Waals surface area contributed by atoms with Gasteiger partial charge in [0.15, 0.2) is 11.5 Å². The molecule has 2 aliphatic heterocycles. The third-order valence-electron chi connectivity index (χ3n) is 6.50. The van der Waals surface area contributed by atoms with E-state index in [1.54, 1.807) is 18.9 Å². The van der Waals surface area contributed by atoms with Gasteiger partial charge in [0.05, 0.1) is 39.6 Å². The Kier molecular flexibility index (Phi) is 6.43. The lowest BCUT2D eigenvalue weighted by atomic mass is 9.88. The molecule has 174 valence electrons. The molecule has 0 spiro atoms. The molecule has 1 fully saturated rings. The highest BCUT2D eigenvalue weighted by molar-refractivity contribution is 7.71. The molecule has 0 aliphatic carbocycles. The summed E-state index contributed by atoms with van der Waals surface area (Å²) >= 11 is 5.72. The number of methoxy groups -OCH3 is 2. The average Bonchev–Trinajstić information content (AvgIpc) is 3.49. The number of rotatable bonds is 7. The number of hydrogen-bond acceptors (Lipinski definition) is 7. The molecular formula is C24H29N5O3S. The van der Waals surface area contributed by atoms with Crippen LogP contribution in [-0.4, -0.2) is 58.2 Å². The molecule has 0 radical (unpaired) electrons. The van der Waals surface area contributed by atoms with Gasteiger partial charge in [-0.3, -0.25) is 4.90 Å². The summed E-state index contributed by atoms with van der Waals surface area (Å²) < 4.78 is 21.1. The zero-order chi connectivity index (χ0) is 22.8. The summed E-state index contributed by atoms with van der Waals surface area (Å²) in [5.41, 5.74) is 3.69. The molecule has 1 aromatic heterocycles. The lowest BCUT2D eigenvalue weighted by Crippen LogP contribution is -2.38. The number of benzene rings is 2. The fourth-order valence-corrected chi connectivity index (χ4v) is 5.04. The number of tetrazole rings is 1. The second-order valence-electron chi connectivity index (χ2n) is 8.50. The summed E-state index contributed by atoms with van der Waals surface area (Å²) in [6.45, 7) is 2.88. The first kappa shape index (κ1) is 22.1. The van der Waals surface area contributed by atoms with Gasteiger partial charge in [-0.15, -0.1) is 0 Å².